The third-order valence-corrected chi connectivity index (χ3v) is 9.49. The van der Waals surface area contributed by atoms with Gasteiger partial charge in [-0.05, 0) is 12.8 Å². The maximum Gasteiger partial charge on any atom is 0.472 e. The molecule has 282 valence electrons. The van der Waals surface area contributed by atoms with Crippen molar-refractivity contribution in [3.05, 3.63) is 0 Å². The first kappa shape index (κ1) is 46.5. The zero-order valence-electron chi connectivity index (χ0n) is 30.5. The number of esters is 1. The van der Waals surface area contributed by atoms with E-state index in [1.807, 2.05) is 0 Å². The highest BCUT2D eigenvalue weighted by atomic mass is 31.2. The number of hydrogen-bond acceptors (Lipinski definition) is 8. The van der Waals surface area contributed by atoms with Crippen molar-refractivity contribution in [1.82, 2.24) is 0 Å². The number of carbonyl (C=O) groups is 1. The average molecular weight is 695 g/mol. The van der Waals surface area contributed by atoms with Crippen molar-refractivity contribution >= 4 is 13.8 Å². The van der Waals surface area contributed by atoms with Crippen molar-refractivity contribution in [2.45, 2.75) is 199 Å². The predicted molar refractivity (Wildman–Crippen MR) is 192 cm³/mol. The normalized spacial score (nSPS) is 14.2. The van der Waals surface area contributed by atoms with Crippen molar-refractivity contribution in [3.8, 4) is 0 Å². The van der Waals surface area contributed by atoms with E-state index in [0.717, 1.165) is 32.1 Å². The van der Waals surface area contributed by atoms with Crippen LogP contribution in [0.1, 0.15) is 187 Å². The highest BCUT2D eigenvalue weighted by Gasteiger charge is 2.26. The van der Waals surface area contributed by atoms with Crippen molar-refractivity contribution in [2.75, 3.05) is 33.0 Å². The number of aliphatic hydroxyl groups is 2. The second kappa shape index (κ2) is 35.3. The van der Waals surface area contributed by atoms with Gasteiger partial charge in [-0.15, -0.1) is 0 Å². The fourth-order valence-electron chi connectivity index (χ4n) is 5.53. The van der Waals surface area contributed by atoms with Gasteiger partial charge in [-0.3, -0.25) is 13.8 Å². The highest BCUT2D eigenvalue weighted by Crippen LogP contribution is 2.43. The average Bonchev–Trinajstić information content (AvgIpc) is 3.06. The van der Waals surface area contributed by atoms with Crippen LogP contribution in [0.3, 0.4) is 0 Å². The van der Waals surface area contributed by atoms with Gasteiger partial charge in [0.2, 0.25) is 0 Å². The van der Waals surface area contributed by atoms with Gasteiger partial charge in [-0.2, -0.15) is 0 Å². The summed E-state index contributed by atoms with van der Waals surface area (Å²) in [5, 5.41) is 18.2. The maximum absolute atomic E-state index is 12.4. The van der Waals surface area contributed by atoms with Crippen LogP contribution < -0.4 is 0 Å². The molecule has 0 amide bonds. The molecule has 47 heavy (non-hydrogen) atoms. The van der Waals surface area contributed by atoms with Crippen LogP contribution in [-0.4, -0.2) is 66.3 Å². The number of aliphatic hydroxyl groups excluding tert-OH is 2. The second-order valence-electron chi connectivity index (χ2n) is 13.3. The highest BCUT2D eigenvalue weighted by molar-refractivity contribution is 7.47. The Balaban J connectivity index is 4.01. The molecule has 0 aromatic heterocycles. The summed E-state index contributed by atoms with van der Waals surface area (Å²) < 4.78 is 33.1. The first-order valence-corrected chi connectivity index (χ1v) is 21.0. The first-order valence-electron chi connectivity index (χ1n) is 19.5. The van der Waals surface area contributed by atoms with Crippen LogP contribution in [0.15, 0.2) is 0 Å². The predicted octanol–water partition coefficient (Wildman–Crippen LogP) is 9.97. The standard InChI is InChI=1S/C37H75O9P/c1-3-5-7-9-11-12-13-14-15-16-17-18-19-20-21-22-24-26-28-30-43-33-36(34-45-47(41,42)44-32-35(39)31-38)46-37(40)29-27-25-23-10-8-6-4-2/h35-36,38-39H,3-34H2,1-2H3,(H,41,42). The van der Waals surface area contributed by atoms with Crippen molar-refractivity contribution in [3.63, 3.8) is 0 Å². The number of phosphoric ester groups is 1. The van der Waals surface area contributed by atoms with E-state index in [0.29, 0.717) is 6.61 Å². The number of hydrogen-bond donors (Lipinski definition) is 3. The number of ether oxygens (including phenoxy) is 2. The Kier molecular flexibility index (Phi) is 34.9. The molecule has 0 aromatic carbocycles. The van der Waals surface area contributed by atoms with Crippen LogP contribution in [0.4, 0.5) is 0 Å². The summed E-state index contributed by atoms with van der Waals surface area (Å²) in [5.41, 5.74) is 0. The fourth-order valence-corrected chi connectivity index (χ4v) is 6.32. The van der Waals surface area contributed by atoms with E-state index in [1.165, 1.54) is 135 Å². The van der Waals surface area contributed by atoms with Gasteiger partial charge in [0, 0.05) is 13.0 Å². The smallest absolute Gasteiger partial charge is 0.457 e. The Morgan fingerprint density at radius 1 is 0.574 bits per heavy atom. The molecule has 9 nitrogen and oxygen atoms in total. The summed E-state index contributed by atoms with van der Waals surface area (Å²) >= 11 is 0. The third kappa shape index (κ3) is 35.1. The molecular formula is C37H75O9P. The van der Waals surface area contributed by atoms with Gasteiger partial charge < -0.3 is 24.6 Å². The quantitative estimate of drug-likeness (QED) is 0.0328. The Labute approximate surface area is 288 Å². The summed E-state index contributed by atoms with van der Waals surface area (Å²) in [6, 6.07) is 0. The number of rotatable bonds is 38. The summed E-state index contributed by atoms with van der Waals surface area (Å²) in [6.07, 6.45) is 30.9. The summed E-state index contributed by atoms with van der Waals surface area (Å²) in [5.74, 6) is -0.386. The molecule has 0 radical (unpaired) electrons. The number of unbranched alkanes of at least 4 members (excludes halogenated alkanes) is 24. The molecule has 3 unspecified atom stereocenters. The number of phosphoric acid groups is 1. The molecule has 3 atom stereocenters. The molecule has 0 aromatic rings. The zero-order chi connectivity index (χ0) is 34.7. The fraction of sp³-hybridized carbons (Fsp3) is 0.973. The summed E-state index contributed by atoms with van der Waals surface area (Å²) in [4.78, 5) is 22.3. The molecule has 0 saturated heterocycles. The van der Waals surface area contributed by atoms with Crippen molar-refractivity contribution in [2.24, 2.45) is 0 Å². The zero-order valence-corrected chi connectivity index (χ0v) is 31.4. The lowest BCUT2D eigenvalue weighted by Gasteiger charge is -2.20. The molecule has 0 saturated carbocycles. The Morgan fingerprint density at radius 2 is 0.957 bits per heavy atom. The molecule has 0 fully saturated rings. The molecule has 0 aliphatic rings. The minimum atomic E-state index is -4.50. The topological polar surface area (TPSA) is 132 Å². The Morgan fingerprint density at radius 3 is 1.38 bits per heavy atom. The third-order valence-electron chi connectivity index (χ3n) is 8.54. The minimum Gasteiger partial charge on any atom is -0.457 e. The van der Waals surface area contributed by atoms with Crippen LogP contribution in [0.2, 0.25) is 0 Å². The van der Waals surface area contributed by atoms with E-state index in [1.54, 1.807) is 0 Å². The van der Waals surface area contributed by atoms with Gasteiger partial charge in [0.15, 0.2) is 0 Å². The molecular weight excluding hydrogens is 619 g/mol. The lowest BCUT2D eigenvalue weighted by Crippen LogP contribution is -2.29. The molecule has 0 aliphatic carbocycles. The van der Waals surface area contributed by atoms with Crippen molar-refractivity contribution < 1.29 is 43.0 Å². The molecule has 0 spiro atoms. The molecule has 10 heteroatoms. The molecule has 0 heterocycles. The monoisotopic (exact) mass is 695 g/mol. The van der Waals surface area contributed by atoms with E-state index in [-0.39, 0.29) is 25.6 Å². The summed E-state index contributed by atoms with van der Waals surface area (Å²) in [7, 11) is -4.50. The Bertz CT molecular complexity index is 709. The van der Waals surface area contributed by atoms with Gasteiger partial charge >= 0.3 is 13.8 Å². The van der Waals surface area contributed by atoms with E-state index in [2.05, 4.69) is 13.8 Å². The second-order valence-corrected chi connectivity index (χ2v) is 14.8. The van der Waals surface area contributed by atoms with Gasteiger partial charge in [0.05, 0.1) is 26.4 Å². The SMILES string of the molecule is CCCCCCCCCCCCCCCCCCCCCOCC(COP(=O)(O)OCC(O)CO)OC(=O)CCCCCCCCC. The van der Waals surface area contributed by atoms with E-state index >= 15 is 0 Å². The molecule has 3 N–H and O–H groups in total. The maximum atomic E-state index is 12.4. The van der Waals surface area contributed by atoms with Gasteiger partial charge in [-0.1, -0.05) is 168 Å². The van der Waals surface area contributed by atoms with Gasteiger partial charge in [0.1, 0.15) is 12.2 Å². The largest absolute Gasteiger partial charge is 0.472 e. The van der Waals surface area contributed by atoms with Gasteiger partial charge in [0.25, 0.3) is 0 Å². The molecule has 0 bridgehead atoms. The molecule has 0 aliphatic heterocycles. The van der Waals surface area contributed by atoms with E-state index in [9.17, 15) is 19.4 Å². The van der Waals surface area contributed by atoms with E-state index in [4.69, 9.17) is 23.6 Å². The minimum absolute atomic E-state index is 0.0566. The first-order chi connectivity index (χ1) is 22.8. The lowest BCUT2D eigenvalue weighted by atomic mass is 10.0. The summed E-state index contributed by atoms with van der Waals surface area (Å²) in [6.45, 7) is 3.50. The van der Waals surface area contributed by atoms with Crippen LogP contribution in [0, 0.1) is 0 Å². The lowest BCUT2D eigenvalue weighted by molar-refractivity contribution is -0.154. The van der Waals surface area contributed by atoms with Crippen LogP contribution >= 0.6 is 7.82 Å². The van der Waals surface area contributed by atoms with Gasteiger partial charge in [-0.25, -0.2) is 4.57 Å². The number of carbonyl (C=O) groups excluding carboxylic acids is 1. The Hall–Kier alpha value is -0.540. The van der Waals surface area contributed by atoms with Crippen LogP contribution in [0.5, 0.6) is 0 Å². The molecule has 0 rings (SSSR count). The van der Waals surface area contributed by atoms with E-state index < -0.39 is 33.2 Å². The van der Waals surface area contributed by atoms with Crippen LogP contribution in [0.25, 0.3) is 0 Å². The van der Waals surface area contributed by atoms with Crippen molar-refractivity contribution in [1.29, 1.82) is 0 Å². The van der Waals surface area contributed by atoms with Crippen LogP contribution in [-0.2, 0) is 27.9 Å².